The maximum absolute atomic E-state index is 12.1. The molecule has 0 saturated carbocycles. The molecular formula is C18H18Cl2N2O5S. The summed E-state index contributed by atoms with van der Waals surface area (Å²) in [6, 6.07) is 11.0. The van der Waals surface area contributed by atoms with Crippen molar-refractivity contribution in [3.63, 3.8) is 0 Å². The summed E-state index contributed by atoms with van der Waals surface area (Å²) >= 11 is 11.5. The number of esters is 1. The highest BCUT2D eigenvalue weighted by Gasteiger charge is 2.18. The van der Waals surface area contributed by atoms with Crippen LogP contribution in [0.5, 0.6) is 0 Å². The molecular weight excluding hydrogens is 427 g/mol. The first-order chi connectivity index (χ1) is 13.2. The Labute approximate surface area is 173 Å². The highest BCUT2D eigenvalue weighted by Crippen LogP contribution is 2.24. The second-order valence-electron chi connectivity index (χ2n) is 5.66. The third-order valence-electron chi connectivity index (χ3n) is 3.59. The maximum atomic E-state index is 12.1. The molecule has 0 spiro atoms. The third kappa shape index (κ3) is 6.49. The third-order valence-corrected chi connectivity index (χ3v) is 5.73. The molecule has 0 saturated heterocycles. The molecule has 2 aromatic carbocycles. The molecule has 0 atom stereocenters. The molecule has 1 amide bonds. The van der Waals surface area contributed by atoms with Crippen LogP contribution in [0.2, 0.25) is 10.0 Å². The predicted molar refractivity (Wildman–Crippen MR) is 107 cm³/mol. The molecule has 2 rings (SSSR count). The van der Waals surface area contributed by atoms with Gasteiger partial charge < -0.3 is 10.1 Å². The number of nitrogens with one attached hydrogen (secondary N) is 2. The fraction of sp³-hybridized carbons (Fsp3) is 0.222. The summed E-state index contributed by atoms with van der Waals surface area (Å²) in [7, 11) is -3.98. The monoisotopic (exact) mass is 444 g/mol. The number of halogens is 2. The Balaban J connectivity index is 1.83. The summed E-state index contributed by atoms with van der Waals surface area (Å²) in [4.78, 5) is 23.4. The number of carbonyl (C=O) groups excluding carboxylic acids is 2. The Morgan fingerprint density at radius 3 is 2.50 bits per heavy atom. The lowest BCUT2D eigenvalue weighted by Crippen LogP contribution is -2.32. The fourth-order valence-electron chi connectivity index (χ4n) is 2.14. The van der Waals surface area contributed by atoms with E-state index >= 15 is 0 Å². The molecule has 7 nitrogen and oxygen atoms in total. The van der Waals surface area contributed by atoms with Crippen LogP contribution in [0.3, 0.4) is 0 Å². The number of ether oxygens (including phenoxy) is 1. The van der Waals surface area contributed by atoms with Crippen LogP contribution in [0.15, 0.2) is 47.4 Å². The van der Waals surface area contributed by atoms with E-state index in [1.165, 1.54) is 12.1 Å². The topological polar surface area (TPSA) is 102 Å². The average molecular weight is 445 g/mol. The van der Waals surface area contributed by atoms with Crippen molar-refractivity contribution in [3.8, 4) is 0 Å². The lowest BCUT2D eigenvalue weighted by Gasteiger charge is -2.09. The number of anilines is 1. The van der Waals surface area contributed by atoms with E-state index in [2.05, 4.69) is 10.0 Å². The standard InChI is InChI=1S/C18H18Cl2N2O5S/c1-2-12-4-3-5-13(8-12)22-17(23)11-27-18(24)10-21-28(25,26)14-6-7-15(19)16(20)9-14/h3-9,21H,2,10-11H2,1H3,(H,22,23). The zero-order valence-electron chi connectivity index (χ0n) is 14.9. The van der Waals surface area contributed by atoms with Crippen LogP contribution in [0.25, 0.3) is 0 Å². The van der Waals surface area contributed by atoms with Crippen molar-refractivity contribution >= 4 is 50.8 Å². The molecule has 10 heteroatoms. The first kappa shape index (κ1) is 22.2. The fourth-order valence-corrected chi connectivity index (χ4v) is 3.50. The predicted octanol–water partition coefficient (Wildman–Crippen LogP) is 3.02. The number of rotatable bonds is 8. The molecule has 2 aromatic rings. The van der Waals surface area contributed by atoms with Crippen molar-refractivity contribution in [2.24, 2.45) is 0 Å². The number of benzene rings is 2. The molecule has 0 heterocycles. The lowest BCUT2D eigenvalue weighted by molar-refractivity contribution is -0.146. The smallest absolute Gasteiger partial charge is 0.321 e. The number of sulfonamides is 1. The zero-order valence-corrected chi connectivity index (χ0v) is 17.2. The minimum Gasteiger partial charge on any atom is -0.455 e. The van der Waals surface area contributed by atoms with Gasteiger partial charge in [0, 0.05) is 5.69 Å². The SMILES string of the molecule is CCc1cccc(NC(=O)COC(=O)CNS(=O)(=O)c2ccc(Cl)c(Cl)c2)c1. The maximum Gasteiger partial charge on any atom is 0.321 e. The molecule has 2 N–H and O–H groups in total. The van der Waals surface area contributed by atoms with E-state index in [0.717, 1.165) is 18.1 Å². The van der Waals surface area contributed by atoms with E-state index in [4.69, 9.17) is 27.9 Å². The summed E-state index contributed by atoms with van der Waals surface area (Å²) < 4.78 is 31.1. The second-order valence-corrected chi connectivity index (χ2v) is 8.24. The van der Waals surface area contributed by atoms with Gasteiger partial charge in [0.1, 0.15) is 6.54 Å². The van der Waals surface area contributed by atoms with E-state index in [9.17, 15) is 18.0 Å². The van der Waals surface area contributed by atoms with Crippen molar-refractivity contribution in [2.45, 2.75) is 18.2 Å². The Morgan fingerprint density at radius 2 is 1.82 bits per heavy atom. The van der Waals surface area contributed by atoms with Crippen molar-refractivity contribution in [1.29, 1.82) is 0 Å². The van der Waals surface area contributed by atoms with E-state index < -0.39 is 35.1 Å². The van der Waals surface area contributed by atoms with Crippen molar-refractivity contribution < 1.29 is 22.7 Å². The molecule has 0 radical (unpaired) electrons. The van der Waals surface area contributed by atoms with Gasteiger partial charge in [0.15, 0.2) is 6.61 Å². The highest BCUT2D eigenvalue weighted by atomic mass is 35.5. The van der Waals surface area contributed by atoms with Crippen LogP contribution >= 0.6 is 23.2 Å². The van der Waals surface area contributed by atoms with Crippen LogP contribution < -0.4 is 10.0 Å². The van der Waals surface area contributed by atoms with Crippen LogP contribution in [-0.2, 0) is 30.8 Å². The van der Waals surface area contributed by atoms with Crippen LogP contribution in [0.4, 0.5) is 5.69 Å². The number of carbonyl (C=O) groups is 2. The van der Waals surface area contributed by atoms with Crippen molar-refractivity contribution in [1.82, 2.24) is 4.72 Å². The van der Waals surface area contributed by atoms with Gasteiger partial charge in [-0.05, 0) is 42.3 Å². The minimum atomic E-state index is -3.98. The largest absolute Gasteiger partial charge is 0.455 e. The number of hydrogen-bond donors (Lipinski definition) is 2. The molecule has 0 fully saturated rings. The summed E-state index contributed by atoms with van der Waals surface area (Å²) in [6.07, 6.45) is 0.817. The van der Waals surface area contributed by atoms with Gasteiger partial charge in [-0.25, -0.2) is 8.42 Å². The molecule has 150 valence electrons. The molecule has 0 bridgehead atoms. The number of hydrogen-bond acceptors (Lipinski definition) is 5. The van der Waals surface area contributed by atoms with Crippen molar-refractivity contribution in [2.75, 3.05) is 18.5 Å². The van der Waals surface area contributed by atoms with Gasteiger partial charge in [0.2, 0.25) is 10.0 Å². The normalized spacial score (nSPS) is 11.1. The minimum absolute atomic E-state index is 0.0657. The first-order valence-electron chi connectivity index (χ1n) is 8.20. The molecule has 28 heavy (non-hydrogen) atoms. The number of aryl methyl sites for hydroxylation is 1. The molecule has 0 aliphatic rings. The highest BCUT2D eigenvalue weighted by molar-refractivity contribution is 7.89. The molecule has 0 aliphatic carbocycles. The van der Waals surface area contributed by atoms with Crippen LogP contribution in [0, 0.1) is 0 Å². The Kier molecular flexibility index (Phi) is 7.82. The lowest BCUT2D eigenvalue weighted by atomic mass is 10.1. The number of amides is 1. The van der Waals surface area contributed by atoms with E-state index in [1.807, 2.05) is 19.1 Å². The second kappa shape index (κ2) is 9.88. The average Bonchev–Trinajstić information content (AvgIpc) is 2.67. The van der Waals surface area contributed by atoms with Gasteiger partial charge >= 0.3 is 5.97 Å². The van der Waals surface area contributed by atoms with Gasteiger partial charge in [-0.1, -0.05) is 42.3 Å². The summed E-state index contributed by atoms with van der Waals surface area (Å²) in [5.41, 5.74) is 1.63. The quantitative estimate of drug-likeness (QED) is 0.609. The Hall–Kier alpha value is -2.13. The van der Waals surface area contributed by atoms with E-state index in [0.29, 0.717) is 5.69 Å². The Morgan fingerprint density at radius 1 is 1.07 bits per heavy atom. The first-order valence-corrected chi connectivity index (χ1v) is 10.4. The summed E-state index contributed by atoms with van der Waals surface area (Å²) in [5, 5.41) is 2.87. The molecule has 0 aliphatic heterocycles. The van der Waals surface area contributed by atoms with E-state index in [1.54, 1.807) is 12.1 Å². The Bertz CT molecular complexity index is 980. The van der Waals surface area contributed by atoms with Gasteiger partial charge in [-0.3, -0.25) is 9.59 Å². The van der Waals surface area contributed by atoms with E-state index in [-0.39, 0.29) is 14.9 Å². The zero-order chi connectivity index (χ0) is 20.7. The molecule has 0 aromatic heterocycles. The summed E-state index contributed by atoms with van der Waals surface area (Å²) in [6.45, 7) is 0.812. The van der Waals surface area contributed by atoms with Gasteiger partial charge in [0.25, 0.3) is 5.91 Å². The van der Waals surface area contributed by atoms with Crippen LogP contribution in [-0.4, -0.2) is 33.4 Å². The summed E-state index contributed by atoms with van der Waals surface area (Å²) in [5.74, 6) is -1.44. The van der Waals surface area contributed by atoms with Crippen LogP contribution in [0.1, 0.15) is 12.5 Å². The van der Waals surface area contributed by atoms with Gasteiger partial charge in [-0.2, -0.15) is 4.72 Å². The van der Waals surface area contributed by atoms with Gasteiger partial charge in [-0.15, -0.1) is 0 Å². The molecule has 0 unspecified atom stereocenters. The van der Waals surface area contributed by atoms with Crippen molar-refractivity contribution in [3.05, 3.63) is 58.1 Å². The van der Waals surface area contributed by atoms with Gasteiger partial charge in [0.05, 0.1) is 14.9 Å².